The molecule has 2 aromatic carbocycles. The van der Waals surface area contributed by atoms with Crippen molar-refractivity contribution in [3.8, 4) is 0 Å². The van der Waals surface area contributed by atoms with Gasteiger partial charge in [0.2, 0.25) is 0 Å². The third-order valence-electron chi connectivity index (χ3n) is 2.66. The summed E-state index contributed by atoms with van der Waals surface area (Å²) >= 11 is 2.94. The minimum Gasteiger partial charge on any atom is -0.320 e. The van der Waals surface area contributed by atoms with E-state index in [1.165, 1.54) is 6.07 Å². The van der Waals surface area contributed by atoms with Crippen LogP contribution < -0.4 is 5.73 Å². The Labute approximate surface area is 115 Å². The number of hydrogen-bond acceptors (Lipinski definition) is 1. The molecule has 0 spiro atoms. The van der Waals surface area contributed by atoms with Crippen molar-refractivity contribution in [2.75, 3.05) is 0 Å². The zero-order valence-electron chi connectivity index (χ0n) is 9.43. The van der Waals surface area contributed by atoms with Crippen LogP contribution in [-0.4, -0.2) is 0 Å². The van der Waals surface area contributed by atoms with E-state index in [4.69, 9.17) is 5.73 Å². The van der Waals surface area contributed by atoms with Gasteiger partial charge in [-0.15, -0.1) is 0 Å². The summed E-state index contributed by atoms with van der Waals surface area (Å²) in [5.41, 5.74) is 5.39. The smallest absolute Gasteiger partial charge is 0.159 e. The lowest BCUT2D eigenvalue weighted by molar-refractivity contribution is 0.504. The number of rotatable bonds is 2. The highest BCUT2D eigenvalue weighted by molar-refractivity contribution is 9.10. The van der Waals surface area contributed by atoms with Crippen molar-refractivity contribution in [2.45, 2.75) is 6.04 Å². The highest BCUT2D eigenvalue weighted by Gasteiger charge is 2.20. The molecule has 6 heteroatoms. The monoisotopic (exact) mass is 333 g/mol. The zero-order valence-corrected chi connectivity index (χ0v) is 11.0. The fourth-order valence-electron chi connectivity index (χ4n) is 1.72. The molecule has 0 fully saturated rings. The Morgan fingerprint density at radius 1 is 0.842 bits per heavy atom. The average Bonchev–Trinajstić information content (AvgIpc) is 2.31. The van der Waals surface area contributed by atoms with Crippen LogP contribution in [0.25, 0.3) is 0 Å². The van der Waals surface area contributed by atoms with Crippen molar-refractivity contribution in [1.82, 2.24) is 0 Å². The summed E-state index contributed by atoms with van der Waals surface area (Å²) < 4.78 is 53.5. The Balaban J connectivity index is 2.49. The Morgan fingerprint density at radius 2 is 1.42 bits per heavy atom. The molecule has 100 valence electrons. The predicted octanol–water partition coefficient (Wildman–Crippen LogP) is 4.05. The number of benzene rings is 2. The topological polar surface area (TPSA) is 26.0 Å². The summed E-state index contributed by atoms with van der Waals surface area (Å²) in [5, 5.41) is 0. The van der Waals surface area contributed by atoms with Crippen LogP contribution in [0.3, 0.4) is 0 Å². The highest BCUT2D eigenvalue weighted by Crippen LogP contribution is 2.28. The second-order valence-corrected chi connectivity index (χ2v) is 4.85. The molecule has 2 aromatic rings. The fourth-order valence-corrected chi connectivity index (χ4v) is 2.12. The van der Waals surface area contributed by atoms with Crippen molar-refractivity contribution in [3.63, 3.8) is 0 Å². The Morgan fingerprint density at radius 3 is 1.95 bits per heavy atom. The van der Waals surface area contributed by atoms with Crippen LogP contribution in [0.2, 0.25) is 0 Å². The van der Waals surface area contributed by atoms with Crippen LogP contribution in [0, 0.1) is 23.3 Å². The SMILES string of the molecule is NC(c1ccc(F)c(F)c1)c1c(F)cc(Br)cc1F. The molecule has 1 unspecified atom stereocenters. The van der Waals surface area contributed by atoms with Crippen molar-refractivity contribution in [2.24, 2.45) is 5.73 Å². The molecule has 0 saturated carbocycles. The Bertz CT molecular complexity index is 607. The average molecular weight is 334 g/mol. The molecule has 0 aliphatic carbocycles. The van der Waals surface area contributed by atoms with E-state index < -0.39 is 34.9 Å². The van der Waals surface area contributed by atoms with Gasteiger partial charge >= 0.3 is 0 Å². The van der Waals surface area contributed by atoms with E-state index in [2.05, 4.69) is 15.9 Å². The minimum atomic E-state index is -1.22. The lowest BCUT2D eigenvalue weighted by Gasteiger charge is -2.15. The second-order valence-electron chi connectivity index (χ2n) is 3.93. The molecule has 0 bridgehead atoms. The molecule has 2 N–H and O–H groups in total. The summed E-state index contributed by atoms with van der Waals surface area (Å²) in [6, 6.07) is 3.75. The first-order valence-corrected chi connectivity index (χ1v) is 6.04. The predicted molar refractivity (Wildman–Crippen MR) is 66.4 cm³/mol. The van der Waals surface area contributed by atoms with Gasteiger partial charge in [0.05, 0.1) is 6.04 Å². The van der Waals surface area contributed by atoms with E-state index in [-0.39, 0.29) is 10.0 Å². The standard InChI is InChI=1S/C13H8BrF4N/c14-7-4-10(17)12(11(18)5-7)13(19)6-1-2-8(15)9(16)3-6/h1-5,13H,19H2. The van der Waals surface area contributed by atoms with Crippen LogP contribution >= 0.6 is 15.9 Å². The molecule has 19 heavy (non-hydrogen) atoms. The number of hydrogen-bond donors (Lipinski definition) is 1. The first-order valence-electron chi connectivity index (χ1n) is 5.25. The van der Waals surface area contributed by atoms with E-state index in [9.17, 15) is 17.6 Å². The summed E-state index contributed by atoms with van der Waals surface area (Å²) in [7, 11) is 0. The fraction of sp³-hybridized carbons (Fsp3) is 0.0769. The van der Waals surface area contributed by atoms with Crippen LogP contribution in [-0.2, 0) is 0 Å². The number of nitrogens with two attached hydrogens (primary N) is 1. The van der Waals surface area contributed by atoms with Gasteiger partial charge in [-0.05, 0) is 29.8 Å². The van der Waals surface area contributed by atoms with E-state index >= 15 is 0 Å². The maximum atomic E-state index is 13.7. The largest absolute Gasteiger partial charge is 0.320 e. The van der Waals surface area contributed by atoms with Gasteiger partial charge in [0.1, 0.15) is 11.6 Å². The molecule has 0 aliphatic heterocycles. The van der Waals surface area contributed by atoms with E-state index in [0.717, 1.165) is 24.3 Å². The lowest BCUT2D eigenvalue weighted by Crippen LogP contribution is -2.16. The van der Waals surface area contributed by atoms with Crippen molar-refractivity contribution in [3.05, 3.63) is 69.2 Å². The van der Waals surface area contributed by atoms with E-state index in [1.54, 1.807) is 0 Å². The van der Waals surface area contributed by atoms with Gasteiger partial charge < -0.3 is 5.73 Å². The molecule has 0 amide bonds. The molecule has 2 rings (SSSR count). The molecular weight excluding hydrogens is 326 g/mol. The first-order chi connectivity index (χ1) is 8.90. The van der Waals surface area contributed by atoms with E-state index in [1.807, 2.05) is 0 Å². The lowest BCUT2D eigenvalue weighted by atomic mass is 9.98. The summed E-state index contributed by atoms with van der Waals surface area (Å²) in [4.78, 5) is 0. The van der Waals surface area contributed by atoms with Gasteiger partial charge in [-0.1, -0.05) is 22.0 Å². The third-order valence-corrected chi connectivity index (χ3v) is 3.12. The quantitative estimate of drug-likeness (QED) is 0.824. The van der Waals surface area contributed by atoms with Gasteiger partial charge in [-0.2, -0.15) is 0 Å². The molecule has 0 aliphatic rings. The summed E-state index contributed by atoms with van der Waals surface area (Å²) in [6.07, 6.45) is 0. The Hall–Kier alpha value is -1.40. The molecule has 0 heterocycles. The maximum absolute atomic E-state index is 13.7. The molecule has 1 nitrogen and oxygen atoms in total. The first kappa shape index (κ1) is 14.0. The summed E-state index contributed by atoms with van der Waals surface area (Å²) in [6.45, 7) is 0. The minimum absolute atomic E-state index is 0.0824. The van der Waals surface area contributed by atoms with Crippen molar-refractivity contribution < 1.29 is 17.6 Å². The zero-order chi connectivity index (χ0) is 14.2. The Kier molecular flexibility index (Phi) is 3.91. The van der Waals surface area contributed by atoms with E-state index in [0.29, 0.717) is 0 Å². The summed E-state index contributed by atoms with van der Waals surface area (Å²) in [5.74, 6) is -3.88. The van der Waals surface area contributed by atoms with Crippen LogP contribution in [0.1, 0.15) is 17.2 Å². The van der Waals surface area contributed by atoms with Gasteiger partial charge in [0, 0.05) is 10.0 Å². The van der Waals surface area contributed by atoms with Gasteiger partial charge in [-0.25, -0.2) is 17.6 Å². The normalized spacial score (nSPS) is 12.5. The van der Waals surface area contributed by atoms with Crippen LogP contribution in [0.4, 0.5) is 17.6 Å². The molecule has 1 atom stereocenters. The molecular formula is C13H8BrF4N. The van der Waals surface area contributed by atoms with Crippen LogP contribution in [0.5, 0.6) is 0 Å². The number of halogens is 5. The molecule has 0 aromatic heterocycles. The van der Waals surface area contributed by atoms with Gasteiger partial charge in [0.15, 0.2) is 11.6 Å². The maximum Gasteiger partial charge on any atom is 0.159 e. The molecule has 0 radical (unpaired) electrons. The molecule has 0 saturated heterocycles. The van der Waals surface area contributed by atoms with Gasteiger partial charge in [0.25, 0.3) is 0 Å². The van der Waals surface area contributed by atoms with Crippen molar-refractivity contribution in [1.29, 1.82) is 0 Å². The van der Waals surface area contributed by atoms with Crippen molar-refractivity contribution >= 4 is 15.9 Å². The highest BCUT2D eigenvalue weighted by atomic mass is 79.9. The van der Waals surface area contributed by atoms with Crippen LogP contribution in [0.15, 0.2) is 34.8 Å². The van der Waals surface area contributed by atoms with Gasteiger partial charge in [-0.3, -0.25) is 0 Å². The third kappa shape index (κ3) is 2.79. The second kappa shape index (κ2) is 5.30.